The molecular weight excluding hydrogens is 270 g/mol. The number of hydrogen-bond donors (Lipinski definition) is 3. The summed E-state index contributed by atoms with van der Waals surface area (Å²) in [4.78, 5) is 26.6. The van der Waals surface area contributed by atoms with E-state index in [0.717, 1.165) is 0 Å². The molecule has 1 amide bonds. The maximum Gasteiger partial charge on any atom is 0.335 e. The fourth-order valence-electron chi connectivity index (χ4n) is 1.85. The summed E-state index contributed by atoms with van der Waals surface area (Å²) in [6.45, 7) is 1.89. The minimum Gasteiger partial charge on any atom is -0.478 e. The van der Waals surface area contributed by atoms with Gasteiger partial charge in [-0.2, -0.15) is 0 Å². The molecule has 1 aromatic carbocycles. The molecule has 2 rings (SSSR count). The summed E-state index contributed by atoms with van der Waals surface area (Å²) in [5.41, 5.74) is 7.04. The van der Waals surface area contributed by atoms with Crippen molar-refractivity contribution in [2.75, 3.05) is 5.32 Å². The van der Waals surface area contributed by atoms with Crippen molar-refractivity contribution in [1.82, 2.24) is 4.98 Å². The van der Waals surface area contributed by atoms with Crippen molar-refractivity contribution in [3.05, 3.63) is 53.2 Å². The lowest BCUT2D eigenvalue weighted by Crippen LogP contribution is -2.11. The Hall–Kier alpha value is -2.89. The SMILES string of the molecule is CCc1cc(C(=O)O)cc(Nc2cccc(C(N)=O)c2)n1. The highest BCUT2D eigenvalue weighted by Crippen LogP contribution is 2.18. The van der Waals surface area contributed by atoms with Gasteiger partial charge >= 0.3 is 5.97 Å². The van der Waals surface area contributed by atoms with E-state index in [4.69, 9.17) is 10.8 Å². The summed E-state index contributed by atoms with van der Waals surface area (Å²) in [6.07, 6.45) is 0.622. The number of carboxylic acid groups (broad SMARTS) is 1. The topological polar surface area (TPSA) is 105 Å². The summed E-state index contributed by atoms with van der Waals surface area (Å²) in [5, 5.41) is 12.1. The number of rotatable bonds is 5. The Morgan fingerprint density at radius 1 is 1.24 bits per heavy atom. The van der Waals surface area contributed by atoms with Crippen LogP contribution in [0.4, 0.5) is 11.5 Å². The number of amides is 1. The van der Waals surface area contributed by atoms with Gasteiger partial charge in [-0.3, -0.25) is 4.79 Å². The molecule has 6 heteroatoms. The summed E-state index contributed by atoms with van der Waals surface area (Å²) < 4.78 is 0. The van der Waals surface area contributed by atoms with E-state index in [1.54, 1.807) is 24.3 Å². The lowest BCUT2D eigenvalue weighted by Gasteiger charge is -2.09. The smallest absolute Gasteiger partial charge is 0.335 e. The number of aryl methyl sites for hydroxylation is 1. The predicted octanol–water partition coefficient (Wildman–Crippen LogP) is 2.18. The number of carbonyl (C=O) groups is 2. The molecule has 0 saturated heterocycles. The number of aromatic carboxylic acids is 1. The standard InChI is InChI=1S/C15H15N3O3/c1-2-11-7-10(15(20)21)8-13(17-11)18-12-5-3-4-9(6-12)14(16)19/h3-8H,2H2,1H3,(H2,16,19)(H,17,18)(H,20,21). The molecule has 0 radical (unpaired) electrons. The van der Waals surface area contributed by atoms with E-state index in [2.05, 4.69) is 10.3 Å². The van der Waals surface area contributed by atoms with Crippen molar-refractivity contribution in [2.45, 2.75) is 13.3 Å². The molecule has 1 heterocycles. The summed E-state index contributed by atoms with van der Waals surface area (Å²) in [7, 11) is 0. The summed E-state index contributed by atoms with van der Waals surface area (Å²) in [5.74, 6) is -1.13. The highest BCUT2D eigenvalue weighted by Gasteiger charge is 2.08. The quantitative estimate of drug-likeness (QED) is 0.780. The third-order valence-electron chi connectivity index (χ3n) is 2.91. The maximum absolute atomic E-state index is 11.2. The molecule has 21 heavy (non-hydrogen) atoms. The average Bonchev–Trinajstić information content (AvgIpc) is 2.47. The van der Waals surface area contributed by atoms with Crippen molar-refractivity contribution in [3.63, 3.8) is 0 Å². The Bertz CT molecular complexity index is 698. The molecule has 4 N–H and O–H groups in total. The minimum absolute atomic E-state index is 0.162. The lowest BCUT2D eigenvalue weighted by molar-refractivity contribution is 0.0696. The summed E-state index contributed by atoms with van der Waals surface area (Å²) >= 11 is 0. The molecule has 0 atom stereocenters. The molecule has 0 saturated carbocycles. The Morgan fingerprint density at radius 3 is 2.62 bits per heavy atom. The number of benzene rings is 1. The Labute approximate surface area is 121 Å². The Morgan fingerprint density at radius 2 is 2.00 bits per heavy atom. The first kappa shape index (κ1) is 14.5. The third-order valence-corrected chi connectivity index (χ3v) is 2.91. The van der Waals surface area contributed by atoms with Crippen LogP contribution in [-0.4, -0.2) is 22.0 Å². The predicted molar refractivity (Wildman–Crippen MR) is 78.8 cm³/mol. The van der Waals surface area contributed by atoms with Crippen LogP contribution in [-0.2, 0) is 6.42 Å². The van der Waals surface area contributed by atoms with Crippen LogP contribution >= 0.6 is 0 Å². The van der Waals surface area contributed by atoms with Crippen LogP contribution in [0, 0.1) is 0 Å². The molecule has 6 nitrogen and oxygen atoms in total. The number of hydrogen-bond acceptors (Lipinski definition) is 4. The number of nitrogens with one attached hydrogen (secondary N) is 1. The first-order valence-electron chi connectivity index (χ1n) is 6.40. The molecule has 0 aliphatic rings. The van der Waals surface area contributed by atoms with E-state index in [9.17, 15) is 9.59 Å². The second kappa shape index (κ2) is 6.04. The van der Waals surface area contributed by atoms with E-state index in [0.29, 0.717) is 29.2 Å². The number of anilines is 2. The highest BCUT2D eigenvalue weighted by molar-refractivity contribution is 5.94. The van der Waals surface area contributed by atoms with Gasteiger partial charge in [-0.1, -0.05) is 13.0 Å². The zero-order valence-electron chi connectivity index (χ0n) is 11.5. The van der Waals surface area contributed by atoms with Gasteiger partial charge in [0.25, 0.3) is 0 Å². The van der Waals surface area contributed by atoms with Crippen molar-refractivity contribution in [3.8, 4) is 0 Å². The van der Waals surface area contributed by atoms with Gasteiger partial charge in [-0.25, -0.2) is 9.78 Å². The van der Waals surface area contributed by atoms with Gasteiger partial charge in [-0.05, 0) is 36.8 Å². The second-order valence-corrected chi connectivity index (χ2v) is 4.46. The molecule has 1 aromatic heterocycles. The zero-order chi connectivity index (χ0) is 15.4. The maximum atomic E-state index is 11.2. The first-order valence-corrected chi connectivity index (χ1v) is 6.40. The summed E-state index contributed by atoms with van der Waals surface area (Å²) in [6, 6.07) is 9.60. The van der Waals surface area contributed by atoms with Crippen molar-refractivity contribution < 1.29 is 14.7 Å². The van der Waals surface area contributed by atoms with Gasteiger partial charge in [0.2, 0.25) is 5.91 Å². The van der Waals surface area contributed by atoms with Crippen molar-refractivity contribution >= 4 is 23.4 Å². The third kappa shape index (κ3) is 3.56. The number of carboxylic acids is 1. The minimum atomic E-state index is -1.01. The molecular formula is C15H15N3O3. The first-order chi connectivity index (χ1) is 9.99. The molecule has 0 bridgehead atoms. The molecule has 2 aromatic rings. The van der Waals surface area contributed by atoms with Crippen molar-refractivity contribution in [2.24, 2.45) is 5.73 Å². The van der Waals surface area contributed by atoms with Gasteiger partial charge in [0, 0.05) is 16.9 Å². The monoisotopic (exact) mass is 285 g/mol. The molecule has 0 aliphatic heterocycles. The largest absolute Gasteiger partial charge is 0.478 e. The van der Waals surface area contributed by atoms with Gasteiger partial charge in [0.05, 0.1) is 5.56 Å². The number of nitrogens with zero attached hydrogens (tertiary/aromatic N) is 1. The molecule has 0 spiro atoms. The van der Waals surface area contributed by atoms with E-state index >= 15 is 0 Å². The van der Waals surface area contributed by atoms with Crippen molar-refractivity contribution in [1.29, 1.82) is 0 Å². The van der Waals surface area contributed by atoms with Crippen LogP contribution in [0.2, 0.25) is 0 Å². The van der Waals surface area contributed by atoms with Gasteiger partial charge in [0.15, 0.2) is 0 Å². The van der Waals surface area contributed by atoms with Crippen LogP contribution in [0.15, 0.2) is 36.4 Å². The fraction of sp³-hybridized carbons (Fsp3) is 0.133. The number of nitrogens with two attached hydrogens (primary N) is 1. The van der Waals surface area contributed by atoms with E-state index in [1.807, 2.05) is 6.92 Å². The fourth-order valence-corrected chi connectivity index (χ4v) is 1.85. The Kier molecular flexibility index (Phi) is 4.18. The number of pyridine rings is 1. The van der Waals surface area contributed by atoms with E-state index in [1.165, 1.54) is 12.1 Å². The zero-order valence-corrected chi connectivity index (χ0v) is 11.5. The van der Waals surface area contributed by atoms with Gasteiger partial charge in [0.1, 0.15) is 5.82 Å². The number of aromatic nitrogens is 1. The van der Waals surface area contributed by atoms with Crippen LogP contribution < -0.4 is 11.1 Å². The van der Waals surface area contributed by atoms with Gasteiger partial charge in [-0.15, -0.1) is 0 Å². The normalized spacial score (nSPS) is 10.1. The molecule has 108 valence electrons. The van der Waals surface area contributed by atoms with E-state index < -0.39 is 11.9 Å². The second-order valence-electron chi connectivity index (χ2n) is 4.46. The van der Waals surface area contributed by atoms with Gasteiger partial charge < -0.3 is 16.2 Å². The lowest BCUT2D eigenvalue weighted by atomic mass is 10.1. The highest BCUT2D eigenvalue weighted by atomic mass is 16.4. The van der Waals surface area contributed by atoms with Crippen LogP contribution in [0.5, 0.6) is 0 Å². The average molecular weight is 285 g/mol. The van der Waals surface area contributed by atoms with Crippen LogP contribution in [0.3, 0.4) is 0 Å². The molecule has 0 fully saturated rings. The number of carbonyl (C=O) groups excluding carboxylic acids is 1. The Balaban J connectivity index is 2.34. The van der Waals surface area contributed by atoms with E-state index in [-0.39, 0.29) is 5.56 Å². The molecule has 0 aliphatic carbocycles. The van der Waals surface area contributed by atoms with Crippen LogP contribution in [0.25, 0.3) is 0 Å². The van der Waals surface area contributed by atoms with Crippen LogP contribution in [0.1, 0.15) is 33.3 Å². The number of primary amides is 1. The molecule has 0 unspecified atom stereocenters.